The summed E-state index contributed by atoms with van der Waals surface area (Å²) in [5, 5.41) is 2.89. The molecule has 266 valence electrons. The lowest BCUT2D eigenvalue weighted by molar-refractivity contribution is -0.137. The van der Waals surface area contributed by atoms with E-state index in [2.05, 4.69) is 5.32 Å². The summed E-state index contributed by atoms with van der Waals surface area (Å²) >= 11 is 1.44. The maximum absolute atomic E-state index is 14.3. The fraction of sp³-hybridized carbons (Fsp3) is 0.263. The Morgan fingerprint density at radius 2 is 1.63 bits per heavy atom. The third kappa shape index (κ3) is 8.97. The maximum Gasteiger partial charge on any atom is 0.416 e. The number of benzene rings is 4. The average Bonchev–Trinajstić information content (AvgIpc) is 3.10. The first-order valence-electron chi connectivity index (χ1n) is 16.1. The number of likely N-dealkylation sites (N-methyl/N-ethyl adjacent to an activating group) is 1. The Morgan fingerprint density at radius 3 is 2.25 bits per heavy atom. The summed E-state index contributed by atoms with van der Waals surface area (Å²) in [6.45, 7) is 0.663. The number of hydrogen-bond acceptors (Lipinski definition) is 6. The van der Waals surface area contributed by atoms with Gasteiger partial charge in [0.05, 0.1) is 23.7 Å². The number of alkyl halides is 3. The third-order valence-electron chi connectivity index (χ3n) is 8.63. The minimum atomic E-state index is -4.51. The first kappa shape index (κ1) is 37.1. The van der Waals surface area contributed by atoms with Crippen LogP contribution in [0, 0.1) is 0 Å². The molecule has 0 bridgehead atoms. The molecule has 1 unspecified atom stereocenters. The molecule has 1 aliphatic heterocycles. The van der Waals surface area contributed by atoms with Crippen molar-refractivity contribution in [2.75, 3.05) is 45.3 Å². The molecule has 0 saturated carbocycles. The van der Waals surface area contributed by atoms with Gasteiger partial charge in [-0.2, -0.15) is 13.2 Å². The molecule has 1 atom stereocenters. The van der Waals surface area contributed by atoms with Crippen LogP contribution in [-0.4, -0.2) is 78.3 Å². The quantitative estimate of drug-likeness (QED) is 0.171. The van der Waals surface area contributed by atoms with Crippen molar-refractivity contribution >= 4 is 41.1 Å². The second kappa shape index (κ2) is 15.8. The van der Waals surface area contributed by atoms with Crippen molar-refractivity contribution in [3.63, 3.8) is 0 Å². The van der Waals surface area contributed by atoms with Gasteiger partial charge in [0, 0.05) is 41.3 Å². The number of thioether (sulfide) groups is 1. The fourth-order valence-electron chi connectivity index (χ4n) is 5.94. The lowest BCUT2D eigenvalue weighted by Gasteiger charge is -2.37. The van der Waals surface area contributed by atoms with E-state index in [4.69, 9.17) is 5.73 Å². The highest BCUT2D eigenvalue weighted by molar-refractivity contribution is 7.98. The molecule has 0 saturated heterocycles. The molecule has 9 nitrogen and oxygen atoms in total. The summed E-state index contributed by atoms with van der Waals surface area (Å²) in [6, 6.07) is 23.1. The van der Waals surface area contributed by atoms with E-state index >= 15 is 0 Å². The SMILES string of the molecule is CSc1ccccc1C(=O)Nc1ccc2c(c1)C(=O)N(Cc1ccc(C(=O)N(CCN(C)C)CC(N)=O)cc1)C(c1ccc(C(F)(F)F)cc1)C2. The Balaban J connectivity index is 1.44. The molecule has 51 heavy (non-hydrogen) atoms. The third-order valence-corrected chi connectivity index (χ3v) is 9.42. The largest absolute Gasteiger partial charge is 0.416 e. The number of anilines is 1. The van der Waals surface area contributed by atoms with Crippen LogP contribution in [0.25, 0.3) is 0 Å². The zero-order chi connectivity index (χ0) is 36.9. The van der Waals surface area contributed by atoms with Crippen LogP contribution in [-0.2, 0) is 23.9 Å². The lowest BCUT2D eigenvalue weighted by atomic mass is 9.88. The predicted octanol–water partition coefficient (Wildman–Crippen LogP) is 6.11. The Kier molecular flexibility index (Phi) is 11.5. The molecular formula is C38H38F3N5O4S. The van der Waals surface area contributed by atoms with E-state index in [-0.39, 0.29) is 30.8 Å². The van der Waals surface area contributed by atoms with Crippen molar-refractivity contribution in [1.82, 2.24) is 14.7 Å². The number of primary amides is 1. The van der Waals surface area contributed by atoms with Gasteiger partial charge in [-0.3, -0.25) is 19.2 Å². The smallest absolute Gasteiger partial charge is 0.368 e. The molecule has 4 aromatic carbocycles. The lowest BCUT2D eigenvalue weighted by Crippen LogP contribution is -2.42. The Hall–Kier alpha value is -5.14. The van der Waals surface area contributed by atoms with Crippen molar-refractivity contribution in [2.45, 2.75) is 30.1 Å². The molecule has 0 aromatic heterocycles. The van der Waals surface area contributed by atoms with Crippen molar-refractivity contribution in [1.29, 1.82) is 0 Å². The topological polar surface area (TPSA) is 116 Å². The van der Waals surface area contributed by atoms with E-state index in [9.17, 15) is 32.3 Å². The molecule has 5 rings (SSSR count). The second-order valence-corrected chi connectivity index (χ2v) is 13.3. The zero-order valence-electron chi connectivity index (χ0n) is 28.4. The van der Waals surface area contributed by atoms with Gasteiger partial charge in [0.1, 0.15) is 0 Å². The molecule has 0 radical (unpaired) electrons. The van der Waals surface area contributed by atoms with Gasteiger partial charge in [0.25, 0.3) is 17.7 Å². The Morgan fingerprint density at radius 1 is 0.941 bits per heavy atom. The Labute approximate surface area is 298 Å². The molecule has 3 N–H and O–H groups in total. The van der Waals surface area contributed by atoms with Crippen LogP contribution in [0.4, 0.5) is 18.9 Å². The van der Waals surface area contributed by atoms with Crippen LogP contribution in [0.15, 0.2) is 95.9 Å². The van der Waals surface area contributed by atoms with Crippen molar-refractivity contribution in [2.24, 2.45) is 5.73 Å². The predicted molar refractivity (Wildman–Crippen MR) is 190 cm³/mol. The van der Waals surface area contributed by atoms with Gasteiger partial charge in [0.15, 0.2) is 0 Å². The number of hydrogen-bond donors (Lipinski definition) is 2. The van der Waals surface area contributed by atoms with Crippen molar-refractivity contribution in [3.05, 3.63) is 130 Å². The van der Waals surface area contributed by atoms with Gasteiger partial charge in [0.2, 0.25) is 5.91 Å². The van der Waals surface area contributed by atoms with Gasteiger partial charge in [-0.1, -0.05) is 42.5 Å². The minimum absolute atomic E-state index is 0.0851. The molecule has 4 aromatic rings. The first-order valence-corrected chi connectivity index (χ1v) is 17.3. The number of carbonyl (C=O) groups is 4. The number of nitrogens with one attached hydrogen (secondary N) is 1. The number of rotatable bonds is 12. The van der Waals surface area contributed by atoms with Crippen molar-refractivity contribution in [3.8, 4) is 0 Å². The first-order chi connectivity index (χ1) is 24.2. The zero-order valence-corrected chi connectivity index (χ0v) is 29.2. The summed E-state index contributed by atoms with van der Waals surface area (Å²) in [7, 11) is 3.70. The van der Waals surface area contributed by atoms with Gasteiger partial charge in [-0.15, -0.1) is 11.8 Å². The molecule has 13 heteroatoms. The second-order valence-electron chi connectivity index (χ2n) is 12.5. The summed E-state index contributed by atoms with van der Waals surface area (Å²) in [6.07, 6.45) is -2.31. The van der Waals surface area contributed by atoms with Gasteiger partial charge < -0.3 is 25.8 Å². The minimum Gasteiger partial charge on any atom is -0.368 e. The summed E-state index contributed by atoms with van der Waals surface area (Å²) in [5.41, 5.74) is 8.11. The van der Waals surface area contributed by atoms with E-state index in [1.165, 1.54) is 28.8 Å². The van der Waals surface area contributed by atoms with E-state index in [1.807, 2.05) is 37.4 Å². The summed E-state index contributed by atoms with van der Waals surface area (Å²) in [4.78, 5) is 58.0. The fourth-order valence-corrected chi connectivity index (χ4v) is 6.54. The number of carbonyl (C=O) groups excluding carboxylic acids is 4. The van der Waals surface area contributed by atoms with Crippen LogP contribution in [0.2, 0.25) is 0 Å². The monoisotopic (exact) mass is 717 g/mol. The molecule has 0 spiro atoms. The highest BCUT2D eigenvalue weighted by Crippen LogP contribution is 2.37. The number of nitrogens with zero attached hydrogens (tertiary/aromatic N) is 3. The number of nitrogens with two attached hydrogens (primary N) is 1. The molecule has 0 fully saturated rings. The molecular weight excluding hydrogens is 680 g/mol. The average molecular weight is 718 g/mol. The number of amides is 4. The highest BCUT2D eigenvalue weighted by Gasteiger charge is 2.35. The highest BCUT2D eigenvalue weighted by atomic mass is 32.2. The van der Waals surface area contributed by atoms with E-state index in [0.717, 1.165) is 17.0 Å². The van der Waals surface area contributed by atoms with E-state index in [1.54, 1.807) is 59.5 Å². The maximum atomic E-state index is 14.3. The van der Waals surface area contributed by atoms with Crippen molar-refractivity contribution < 1.29 is 32.3 Å². The van der Waals surface area contributed by atoms with Crippen LogP contribution in [0.5, 0.6) is 0 Å². The number of fused-ring (bicyclic) bond motifs is 1. The van der Waals surface area contributed by atoms with E-state index < -0.39 is 23.7 Å². The van der Waals surface area contributed by atoms with Crippen LogP contribution < -0.4 is 11.1 Å². The van der Waals surface area contributed by atoms with Crippen LogP contribution in [0.3, 0.4) is 0 Å². The standard InChI is InChI=1S/C38H38F3N5O4S/c1-44(2)18-19-45(23-34(42)47)36(49)26-10-8-24(9-11-26)22-46-32(25-12-15-28(16-13-25)38(39,40)41)20-27-14-17-29(21-31(27)37(46)50)43-35(48)30-6-4-5-7-33(30)51-3/h4-17,21,32H,18-20,22-23H2,1-3H3,(H2,42,47)(H,43,48). The van der Waals surface area contributed by atoms with Gasteiger partial charge in [-0.05, 0) is 92.0 Å². The normalized spacial score (nSPS) is 14.3. The van der Waals surface area contributed by atoms with Crippen LogP contribution in [0.1, 0.15) is 59.4 Å². The summed E-state index contributed by atoms with van der Waals surface area (Å²) < 4.78 is 40.2. The van der Waals surface area contributed by atoms with Gasteiger partial charge in [-0.25, -0.2) is 0 Å². The summed E-state index contributed by atoms with van der Waals surface area (Å²) in [5.74, 6) is -1.70. The van der Waals surface area contributed by atoms with Gasteiger partial charge >= 0.3 is 6.18 Å². The van der Waals surface area contributed by atoms with E-state index in [0.29, 0.717) is 58.6 Å². The molecule has 0 aliphatic carbocycles. The Bertz CT molecular complexity index is 1920. The molecule has 1 aliphatic rings. The van der Waals surface area contributed by atoms with Crippen LogP contribution >= 0.6 is 11.8 Å². The molecule has 4 amide bonds. The number of halogens is 3. The molecule has 1 heterocycles.